The minimum absolute atomic E-state index is 0. The van der Waals surface area contributed by atoms with Crippen LogP contribution < -0.4 is 20.7 Å². The van der Waals surface area contributed by atoms with Gasteiger partial charge in [0.15, 0.2) is 5.96 Å². The molecule has 29 heavy (non-hydrogen) atoms. The van der Waals surface area contributed by atoms with Gasteiger partial charge in [0.2, 0.25) is 5.91 Å². The Kier molecular flexibility index (Phi) is 12.7. The van der Waals surface area contributed by atoms with Crippen molar-refractivity contribution in [2.45, 2.75) is 45.7 Å². The molecule has 0 radical (unpaired) electrons. The van der Waals surface area contributed by atoms with E-state index in [2.05, 4.69) is 32.8 Å². The van der Waals surface area contributed by atoms with Crippen molar-refractivity contribution >= 4 is 35.8 Å². The Labute approximate surface area is 192 Å². The third kappa shape index (κ3) is 9.66. The van der Waals surface area contributed by atoms with Crippen molar-refractivity contribution in [2.24, 2.45) is 4.99 Å². The number of carbonyl (C=O) groups excluding carboxylic acids is 1. The highest BCUT2D eigenvalue weighted by Gasteiger charge is 2.19. The van der Waals surface area contributed by atoms with Gasteiger partial charge in [0.25, 0.3) is 0 Å². The summed E-state index contributed by atoms with van der Waals surface area (Å²) >= 11 is 0. The van der Waals surface area contributed by atoms with Crippen molar-refractivity contribution in [3.63, 3.8) is 0 Å². The zero-order chi connectivity index (χ0) is 20.2. The number of guanidine groups is 1. The number of ether oxygens (including phenoxy) is 1. The Morgan fingerprint density at radius 3 is 2.45 bits per heavy atom. The van der Waals surface area contributed by atoms with Gasteiger partial charge in [-0.1, -0.05) is 19.1 Å². The Bertz CT molecular complexity index is 616. The molecule has 1 saturated heterocycles. The van der Waals surface area contributed by atoms with E-state index < -0.39 is 0 Å². The number of aliphatic imine (C=N–C) groups is 1. The number of rotatable bonds is 9. The van der Waals surface area contributed by atoms with E-state index in [1.165, 1.54) is 13.0 Å². The lowest BCUT2D eigenvalue weighted by Gasteiger charge is -2.32. The first-order valence-corrected chi connectivity index (χ1v) is 10.3. The van der Waals surface area contributed by atoms with E-state index in [4.69, 9.17) is 4.74 Å². The van der Waals surface area contributed by atoms with Gasteiger partial charge in [-0.05, 0) is 50.4 Å². The molecule has 1 aliphatic rings. The van der Waals surface area contributed by atoms with E-state index in [9.17, 15) is 4.79 Å². The number of hydrogen-bond donors (Lipinski definition) is 3. The first-order chi connectivity index (χ1) is 13.6. The van der Waals surface area contributed by atoms with Crippen molar-refractivity contribution in [1.29, 1.82) is 0 Å². The van der Waals surface area contributed by atoms with E-state index in [0.717, 1.165) is 49.7 Å². The van der Waals surface area contributed by atoms with Crippen LogP contribution in [0.3, 0.4) is 0 Å². The fraction of sp³-hybridized carbons (Fsp3) is 0.619. The molecular weight excluding hydrogens is 481 g/mol. The van der Waals surface area contributed by atoms with Crippen LogP contribution >= 0.6 is 24.0 Å². The fourth-order valence-electron chi connectivity index (χ4n) is 3.28. The number of carbonyl (C=O) groups is 1. The molecule has 0 aromatic heterocycles. The van der Waals surface area contributed by atoms with Crippen molar-refractivity contribution in [2.75, 3.05) is 39.8 Å². The largest absolute Gasteiger partial charge is 0.497 e. The Morgan fingerprint density at radius 2 is 1.86 bits per heavy atom. The molecule has 7 nitrogen and oxygen atoms in total. The number of likely N-dealkylation sites (tertiary alicyclic amines) is 1. The molecule has 0 bridgehead atoms. The lowest BCUT2D eigenvalue weighted by atomic mass is 10.1. The number of halogens is 1. The van der Waals surface area contributed by atoms with Gasteiger partial charge < -0.3 is 25.6 Å². The highest BCUT2D eigenvalue weighted by molar-refractivity contribution is 14.0. The van der Waals surface area contributed by atoms with Crippen LogP contribution in [-0.4, -0.2) is 62.6 Å². The van der Waals surface area contributed by atoms with Crippen molar-refractivity contribution in [3.8, 4) is 5.75 Å². The maximum Gasteiger partial charge on any atom is 0.242 e. The zero-order valence-corrected chi connectivity index (χ0v) is 20.2. The van der Waals surface area contributed by atoms with E-state index in [1.54, 1.807) is 7.11 Å². The number of amides is 1. The molecule has 0 spiro atoms. The number of nitrogens with zero attached hydrogens (tertiary/aromatic N) is 2. The predicted molar refractivity (Wildman–Crippen MR) is 129 cm³/mol. The van der Waals surface area contributed by atoms with Crippen molar-refractivity contribution in [1.82, 2.24) is 20.9 Å². The first-order valence-electron chi connectivity index (χ1n) is 10.3. The highest BCUT2D eigenvalue weighted by atomic mass is 127. The molecule has 164 valence electrons. The predicted octanol–water partition coefficient (Wildman–Crippen LogP) is 2.36. The van der Waals surface area contributed by atoms with Crippen molar-refractivity contribution in [3.05, 3.63) is 29.8 Å². The molecule has 0 atom stereocenters. The normalized spacial score (nSPS) is 15.3. The minimum Gasteiger partial charge on any atom is -0.497 e. The van der Waals surface area contributed by atoms with E-state index in [-0.39, 0.29) is 36.4 Å². The Balaban J connectivity index is 0.00000420. The molecule has 1 aromatic carbocycles. The third-order valence-electron chi connectivity index (χ3n) is 4.84. The number of hydrogen-bond acceptors (Lipinski definition) is 4. The van der Waals surface area contributed by atoms with E-state index >= 15 is 0 Å². The quantitative estimate of drug-likeness (QED) is 0.267. The summed E-state index contributed by atoms with van der Waals surface area (Å²) in [6.45, 7) is 9.03. The van der Waals surface area contributed by atoms with Crippen LogP contribution in [0.5, 0.6) is 5.75 Å². The highest BCUT2D eigenvalue weighted by Crippen LogP contribution is 2.11. The average molecular weight is 517 g/mol. The van der Waals surface area contributed by atoms with Gasteiger partial charge in [-0.3, -0.25) is 4.79 Å². The molecule has 1 fully saturated rings. The van der Waals surface area contributed by atoms with Gasteiger partial charge >= 0.3 is 0 Å². The molecule has 0 saturated carbocycles. The third-order valence-corrected chi connectivity index (χ3v) is 4.84. The van der Waals surface area contributed by atoms with Gasteiger partial charge in [-0.15, -0.1) is 24.0 Å². The monoisotopic (exact) mass is 517 g/mol. The molecule has 2 rings (SSSR count). The minimum atomic E-state index is -0.0919. The molecule has 1 aromatic rings. The smallest absolute Gasteiger partial charge is 0.242 e. The molecule has 0 unspecified atom stereocenters. The zero-order valence-electron chi connectivity index (χ0n) is 17.9. The van der Waals surface area contributed by atoms with Gasteiger partial charge in [0.05, 0.1) is 7.11 Å². The summed E-state index contributed by atoms with van der Waals surface area (Å²) in [6, 6.07) is 8.07. The average Bonchev–Trinajstić information content (AvgIpc) is 2.72. The lowest BCUT2D eigenvalue weighted by molar-refractivity contribution is -0.119. The van der Waals surface area contributed by atoms with Crippen LogP contribution in [0.4, 0.5) is 0 Å². The molecule has 8 heteroatoms. The summed E-state index contributed by atoms with van der Waals surface area (Å²) in [5, 5.41) is 9.63. The SMILES string of the molecule is CCCN1CCC(NC(=NCC(=O)NCc2ccc(OC)cc2)NCC)CC1.I. The van der Waals surface area contributed by atoms with Gasteiger partial charge in [-0.2, -0.15) is 0 Å². The van der Waals surface area contributed by atoms with Gasteiger partial charge in [0, 0.05) is 32.2 Å². The maximum atomic E-state index is 12.2. The Morgan fingerprint density at radius 1 is 1.17 bits per heavy atom. The first kappa shape index (κ1) is 25.5. The second-order valence-corrected chi connectivity index (χ2v) is 7.08. The molecular formula is C21H36IN5O2. The summed E-state index contributed by atoms with van der Waals surface area (Å²) < 4.78 is 5.14. The molecule has 1 heterocycles. The summed E-state index contributed by atoms with van der Waals surface area (Å²) in [7, 11) is 1.64. The van der Waals surface area contributed by atoms with Gasteiger partial charge in [-0.25, -0.2) is 4.99 Å². The molecule has 1 amide bonds. The second-order valence-electron chi connectivity index (χ2n) is 7.08. The van der Waals surface area contributed by atoms with Crippen molar-refractivity contribution < 1.29 is 9.53 Å². The summed E-state index contributed by atoms with van der Waals surface area (Å²) in [4.78, 5) is 19.1. The van der Waals surface area contributed by atoms with Crippen LogP contribution in [0.25, 0.3) is 0 Å². The summed E-state index contributed by atoms with van der Waals surface area (Å²) in [6.07, 6.45) is 3.41. The fourth-order valence-corrected chi connectivity index (χ4v) is 3.28. The summed E-state index contributed by atoms with van der Waals surface area (Å²) in [5.74, 6) is 1.43. The van der Waals surface area contributed by atoms with Crippen LogP contribution in [0.1, 0.15) is 38.7 Å². The van der Waals surface area contributed by atoms with Crippen LogP contribution in [0.15, 0.2) is 29.3 Å². The number of nitrogens with one attached hydrogen (secondary N) is 3. The summed E-state index contributed by atoms with van der Waals surface area (Å²) in [5.41, 5.74) is 1.03. The molecule has 1 aliphatic heterocycles. The molecule has 0 aliphatic carbocycles. The molecule has 3 N–H and O–H groups in total. The maximum absolute atomic E-state index is 12.2. The van der Waals surface area contributed by atoms with Crippen LogP contribution in [-0.2, 0) is 11.3 Å². The number of methoxy groups -OCH3 is 1. The second kappa shape index (κ2) is 14.4. The topological polar surface area (TPSA) is 78.0 Å². The lowest BCUT2D eigenvalue weighted by Crippen LogP contribution is -2.49. The number of benzene rings is 1. The Hall–Kier alpha value is -1.55. The number of piperidine rings is 1. The van der Waals surface area contributed by atoms with Crippen LogP contribution in [0, 0.1) is 0 Å². The van der Waals surface area contributed by atoms with Gasteiger partial charge in [0.1, 0.15) is 12.3 Å². The van der Waals surface area contributed by atoms with E-state index in [0.29, 0.717) is 12.6 Å². The standard InChI is InChI=1S/C21H35N5O2.HI/c1-4-12-26-13-10-18(11-14-26)25-21(22-5-2)24-16-20(27)23-15-17-6-8-19(28-3)9-7-17;/h6-9,18H,4-5,10-16H2,1-3H3,(H,23,27)(H2,22,24,25);1H. The van der Waals surface area contributed by atoms with Crippen LogP contribution in [0.2, 0.25) is 0 Å². The van der Waals surface area contributed by atoms with E-state index in [1.807, 2.05) is 31.2 Å².